The Morgan fingerprint density at radius 1 is 1.21 bits per heavy atom. The molecule has 0 rings (SSSR count). The number of hydrogen-bond acceptors (Lipinski definition) is 4. The number of carbonyl (C=O) groups is 2. The van der Waals surface area contributed by atoms with Crippen molar-refractivity contribution in [3.63, 3.8) is 0 Å². The molecule has 0 saturated heterocycles. The Bertz CT molecular complexity index is 204. The molecule has 0 radical (unpaired) electrons. The van der Waals surface area contributed by atoms with Gasteiger partial charge in [-0.15, -0.1) is 0 Å². The average molecular weight is 202 g/mol. The Hall–Kier alpha value is -1.66. The smallest absolute Gasteiger partial charge is 0.266 e. The highest BCUT2D eigenvalue weighted by Gasteiger charge is 1.87. The maximum absolute atomic E-state index is 10.2. The summed E-state index contributed by atoms with van der Waals surface area (Å²) in [5.41, 5.74) is 1.36. The van der Waals surface area contributed by atoms with Gasteiger partial charge in [-0.2, -0.15) is 0 Å². The SMILES string of the molecule is C=CC(=O)NCCO.C=CC(=O)NO. The van der Waals surface area contributed by atoms with Gasteiger partial charge in [0.2, 0.25) is 5.91 Å². The second-order valence-electron chi connectivity index (χ2n) is 1.90. The van der Waals surface area contributed by atoms with Crippen LogP contribution in [-0.4, -0.2) is 35.3 Å². The van der Waals surface area contributed by atoms with Gasteiger partial charge < -0.3 is 10.4 Å². The monoisotopic (exact) mass is 202 g/mol. The van der Waals surface area contributed by atoms with Gasteiger partial charge in [-0.1, -0.05) is 13.2 Å². The predicted molar refractivity (Wildman–Crippen MR) is 50.4 cm³/mol. The lowest BCUT2D eigenvalue weighted by Crippen LogP contribution is -2.23. The first kappa shape index (κ1) is 14.8. The molecule has 6 nitrogen and oxygen atoms in total. The predicted octanol–water partition coefficient (Wildman–Crippen LogP) is -1.04. The molecule has 80 valence electrons. The Morgan fingerprint density at radius 2 is 1.71 bits per heavy atom. The van der Waals surface area contributed by atoms with Crippen LogP contribution in [0.1, 0.15) is 0 Å². The van der Waals surface area contributed by atoms with Gasteiger partial charge in [0.15, 0.2) is 0 Å². The topological polar surface area (TPSA) is 98.7 Å². The van der Waals surface area contributed by atoms with E-state index in [4.69, 9.17) is 10.3 Å². The van der Waals surface area contributed by atoms with Crippen LogP contribution in [-0.2, 0) is 9.59 Å². The fraction of sp³-hybridized carbons (Fsp3) is 0.250. The van der Waals surface area contributed by atoms with Crippen LogP contribution in [0.5, 0.6) is 0 Å². The van der Waals surface area contributed by atoms with E-state index in [9.17, 15) is 9.59 Å². The van der Waals surface area contributed by atoms with E-state index in [1.165, 1.54) is 5.48 Å². The van der Waals surface area contributed by atoms with Crippen molar-refractivity contribution in [3.05, 3.63) is 25.3 Å². The molecule has 0 aliphatic rings. The van der Waals surface area contributed by atoms with E-state index in [2.05, 4.69) is 18.5 Å². The van der Waals surface area contributed by atoms with Crippen molar-refractivity contribution in [2.24, 2.45) is 0 Å². The fourth-order valence-electron chi connectivity index (χ4n) is 0.297. The lowest BCUT2D eigenvalue weighted by molar-refractivity contribution is -0.124. The molecular formula is C8H14N2O4. The van der Waals surface area contributed by atoms with E-state index in [0.717, 1.165) is 12.2 Å². The largest absolute Gasteiger partial charge is 0.395 e. The molecule has 0 aliphatic heterocycles. The average Bonchev–Trinajstić information content (AvgIpc) is 2.25. The third kappa shape index (κ3) is 13.0. The van der Waals surface area contributed by atoms with Crippen molar-refractivity contribution < 1.29 is 19.9 Å². The fourth-order valence-corrected chi connectivity index (χ4v) is 0.297. The van der Waals surface area contributed by atoms with E-state index in [1.807, 2.05) is 0 Å². The molecule has 6 heteroatoms. The number of hydrogen-bond donors (Lipinski definition) is 4. The van der Waals surface area contributed by atoms with Crippen LogP contribution in [0.3, 0.4) is 0 Å². The molecule has 0 aromatic heterocycles. The number of amides is 2. The molecule has 2 amide bonds. The maximum atomic E-state index is 10.2. The zero-order valence-corrected chi connectivity index (χ0v) is 7.69. The van der Waals surface area contributed by atoms with Crippen molar-refractivity contribution in [2.75, 3.05) is 13.2 Å². The highest BCUT2D eigenvalue weighted by molar-refractivity contribution is 5.86. The Balaban J connectivity index is 0. The van der Waals surface area contributed by atoms with Gasteiger partial charge in [0.1, 0.15) is 0 Å². The molecule has 0 aromatic carbocycles. The maximum Gasteiger partial charge on any atom is 0.266 e. The highest BCUT2D eigenvalue weighted by Crippen LogP contribution is 1.62. The van der Waals surface area contributed by atoms with Crippen LogP contribution in [0.25, 0.3) is 0 Å². The van der Waals surface area contributed by atoms with Crippen molar-refractivity contribution >= 4 is 11.8 Å². The number of hydroxylamine groups is 1. The molecule has 0 heterocycles. The molecule has 4 N–H and O–H groups in total. The minimum atomic E-state index is -0.588. The first-order valence-electron chi connectivity index (χ1n) is 3.70. The van der Waals surface area contributed by atoms with Crippen molar-refractivity contribution in [1.82, 2.24) is 10.8 Å². The summed E-state index contributed by atoms with van der Waals surface area (Å²) in [4.78, 5) is 19.9. The van der Waals surface area contributed by atoms with Gasteiger partial charge in [0.05, 0.1) is 6.61 Å². The van der Waals surface area contributed by atoms with Crippen LogP contribution in [0.4, 0.5) is 0 Å². The van der Waals surface area contributed by atoms with Gasteiger partial charge >= 0.3 is 0 Å². The Morgan fingerprint density at radius 3 is 1.93 bits per heavy atom. The summed E-state index contributed by atoms with van der Waals surface area (Å²) in [5, 5.41) is 18.2. The van der Waals surface area contributed by atoms with E-state index < -0.39 is 5.91 Å². The molecule has 0 bridgehead atoms. The molecule has 0 saturated carbocycles. The second-order valence-corrected chi connectivity index (χ2v) is 1.90. The Kier molecular flexibility index (Phi) is 12.0. The zero-order valence-electron chi connectivity index (χ0n) is 7.69. The third-order valence-corrected chi connectivity index (χ3v) is 0.892. The molecular weight excluding hydrogens is 188 g/mol. The Labute approximate surface area is 81.9 Å². The summed E-state index contributed by atoms with van der Waals surface area (Å²) in [6, 6.07) is 0. The van der Waals surface area contributed by atoms with Crippen LogP contribution in [0, 0.1) is 0 Å². The van der Waals surface area contributed by atoms with Crippen molar-refractivity contribution in [1.29, 1.82) is 0 Å². The minimum absolute atomic E-state index is 0.0282. The summed E-state index contributed by atoms with van der Waals surface area (Å²) in [6.07, 6.45) is 2.13. The summed E-state index contributed by atoms with van der Waals surface area (Å²) < 4.78 is 0. The quantitative estimate of drug-likeness (QED) is 0.266. The molecule has 0 unspecified atom stereocenters. The second kappa shape index (κ2) is 11.3. The first-order valence-corrected chi connectivity index (χ1v) is 3.70. The summed E-state index contributed by atoms with van der Waals surface area (Å²) in [6.45, 7) is 6.55. The highest BCUT2D eigenvalue weighted by atomic mass is 16.5. The first-order chi connectivity index (χ1) is 6.62. The molecule has 0 spiro atoms. The van der Waals surface area contributed by atoms with E-state index in [-0.39, 0.29) is 12.5 Å². The van der Waals surface area contributed by atoms with Crippen LogP contribution >= 0.6 is 0 Å². The van der Waals surface area contributed by atoms with Gasteiger partial charge in [-0.05, 0) is 12.2 Å². The standard InChI is InChI=1S/C5H9NO2.C3H5NO2/c1-2-5(8)6-3-4-7;1-2-3(5)4-6/h2,7H,1,3-4H2,(H,6,8);2,6H,1H2,(H,4,5). The number of aliphatic hydroxyl groups is 1. The molecule has 0 aliphatic carbocycles. The molecule has 0 atom stereocenters. The molecule has 0 aromatic rings. The lowest BCUT2D eigenvalue weighted by Gasteiger charge is -1.94. The van der Waals surface area contributed by atoms with Crippen molar-refractivity contribution in [2.45, 2.75) is 0 Å². The van der Waals surface area contributed by atoms with E-state index in [1.54, 1.807) is 0 Å². The zero-order chi connectivity index (χ0) is 11.4. The van der Waals surface area contributed by atoms with Crippen LogP contribution < -0.4 is 10.8 Å². The number of nitrogens with one attached hydrogen (secondary N) is 2. The van der Waals surface area contributed by atoms with Gasteiger partial charge in [0.25, 0.3) is 5.91 Å². The van der Waals surface area contributed by atoms with Crippen LogP contribution in [0.2, 0.25) is 0 Å². The van der Waals surface area contributed by atoms with Gasteiger partial charge in [-0.25, -0.2) is 5.48 Å². The van der Waals surface area contributed by atoms with E-state index in [0.29, 0.717) is 6.54 Å². The summed E-state index contributed by atoms with van der Waals surface area (Å²) in [7, 11) is 0. The van der Waals surface area contributed by atoms with Crippen LogP contribution in [0.15, 0.2) is 25.3 Å². The lowest BCUT2D eigenvalue weighted by atomic mass is 10.5. The number of aliphatic hydroxyl groups excluding tert-OH is 1. The number of carbonyl (C=O) groups excluding carboxylic acids is 2. The summed E-state index contributed by atoms with van der Waals surface area (Å²) in [5.74, 6) is -0.839. The van der Waals surface area contributed by atoms with Crippen molar-refractivity contribution in [3.8, 4) is 0 Å². The van der Waals surface area contributed by atoms with Gasteiger partial charge in [-0.3, -0.25) is 14.8 Å². The minimum Gasteiger partial charge on any atom is -0.395 e. The molecule has 14 heavy (non-hydrogen) atoms. The molecule has 0 fully saturated rings. The van der Waals surface area contributed by atoms with Gasteiger partial charge in [0, 0.05) is 6.54 Å². The normalized spacial score (nSPS) is 7.57. The van der Waals surface area contributed by atoms with E-state index >= 15 is 0 Å². The third-order valence-electron chi connectivity index (χ3n) is 0.892. The summed E-state index contributed by atoms with van der Waals surface area (Å²) >= 11 is 0. The number of rotatable bonds is 4.